The van der Waals surface area contributed by atoms with E-state index in [2.05, 4.69) is 6.92 Å². The maximum absolute atomic E-state index is 11.7. The second kappa shape index (κ2) is 6.89. The third-order valence-corrected chi connectivity index (χ3v) is 3.33. The first kappa shape index (κ1) is 13.5. The average Bonchev–Trinajstić information content (AvgIpc) is 2.54. The summed E-state index contributed by atoms with van der Waals surface area (Å²) >= 11 is 0. The van der Waals surface area contributed by atoms with E-state index in [-0.39, 0.29) is 0 Å². The molecule has 1 heterocycles. The predicted molar refractivity (Wildman–Crippen MR) is 67.1 cm³/mol. The van der Waals surface area contributed by atoms with Gasteiger partial charge in [-0.1, -0.05) is 19.8 Å². The summed E-state index contributed by atoms with van der Waals surface area (Å²) in [5, 5.41) is 0. The van der Waals surface area contributed by atoms with Crippen LogP contribution in [0.2, 0.25) is 0 Å². The number of hydrogen-bond donors (Lipinski definition) is 1. The Bertz CT molecular complexity index is 216. The quantitative estimate of drug-likeness (QED) is 0.676. The van der Waals surface area contributed by atoms with Gasteiger partial charge in [-0.3, -0.25) is 4.79 Å². The van der Waals surface area contributed by atoms with Crippen molar-refractivity contribution in [3.63, 3.8) is 0 Å². The normalized spacial score (nSPS) is 22.8. The number of carbonyl (C=O) groups is 1. The molecule has 94 valence electrons. The van der Waals surface area contributed by atoms with Crippen LogP contribution in [0.3, 0.4) is 0 Å². The first-order valence-electron chi connectivity index (χ1n) is 6.66. The molecule has 2 unspecified atom stereocenters. The molecule has 0 aromatic heterocycles. The molecular weight excluding hydrogens is 200 g/mol. The second-order valence-corrected chi connectivity index (χ2v) is 5.17. The Morgan fingerprint density at radius 2 is 2.25 bits per heavy atom. The molecule has 3 heteroatoms. The zero-order valence-electron chi connectivity index (χ0n) is 10.7. The Morgan fingerprint density at radius 1 is 1.50 bits per heavy atom. The molecule has 0 saturated carbocycles. The Hall–Kier alpha value is -0.570. The lowest BCUT2D eigenvalue weighted by Gasteiger charge is -2.16. The van der Waals surface area contributed by atoms with Crippen LogP contribution in [0.5, 0.6) is 0 Å². The van der Waals surface area contributed by atoms with Gasteiger partial charge >= 0.3 is 0 Å². The standard InChI is InChI=1S/C13H26N2O/c1-3-6-12-9-13(16)15(10-12)8-5-4-7-11(2)14/h11-12H,3-10,14H2,1-2H3. The molecule has 3 nitrogen and oxygen atoms in total. The summed E-state index contributed by atoms with van der Waals surface area (Å²) in [4.78, 5) is 13.7. The Labute approximate surface area is 99.4 Å². The molecule has 0 aromatic rings. The summed E-state index contributed by atoms with van der Waals surface area (Å²) in [6.07, 6.45) is 6.48. The highest BCUT2D eigenvalue weighted by molar-refractivity contribution is 5.78. The number of carbonyl (C=O) groups excluding carboxylic acids is 1. The van der Waals surface area contributed by atoms with Gasteiger partial charge in [-0.2, -0.15) is 0 Å². The molecule has 0 aliphatic carbocycles. The third kappa shape index (κ3) is 4.52. The lowest BCUT2D eigenvalue weighted by molar-refractivity contribution is -0.127. The molecule has 0 bridgehead atoms. The lowest BCUT2D eigenvalue weighted by atomic mass is 10.0. The highest BCUT2D eigenvalue weighted by atomic mass is 16.2. The smallest absolute Gasteiger partial charge is 0.222 e. The maximum atomic E-state index is 11.7. The predicted octanol–water partition coefficient (Wildman–Crippen LogP) is 2.15. The van der Waals surface area contributed by atoms with E-state index < -0.39 is 0 Å². The summed E-state index contributed by atoms with van der Waals surface area (Å²) in [5.41, 5.74) is 5.69. The van der Waals surface area contributed by atoms with Gasteiger partial charge in [0, 0.05) is 25.6 Å². The molecule has 1 aliphatic heterocycles. The fourth-order valence-corrected chi connectivity index (χ4v) is 2.44. The van der Waals surface area contributed by atoms with Crippen molar-refractivity contribution in [3.8, 4) is 0 Å². The molecule has 0 aromatic carbocycles. The topological polar surface area (TPSA) is 46.3 Å². The number of nitrogens with two attached hydrogens (primary N) is 1. The maximum Gasteiger partial charge on any atom is 0.222 e. The van der Waals surface area contributed by atoms with Crippen molar-refractivity contribution in [2.45, 2.75) is 58.4 Å². The van der Waals surface area contributed by atoms with Gasteiger partial charge in [-0.05, 0) is 32.1 Å². The number of nitrogens with zero attached hydrogens (tertiary/aromatic N) is 1. The van der Waals surface area contributed by atoms with Crippen LogP contribution in [-0.4, -0.2) is 29.9 Å². The van der Waals surface area contributed by atoms with Crippen LogP contribution in [0.15, 0.2) is 0 Å². The van der Waals surface area contributed by atoms with E-state index in [0.717, 1.165) is 38.8 Å². The van der Waals surface area contributed by atoms with Crippen LogP contribution in [0.4, 0.5) is 0 Å². The number of likely N-dealkylation sites (tertiary alicyclic amines) is 1. The minimum Gasteiger partial charge on any atom is -0.342 e. The van der Waals surface area contributed by atoms with E-state index in [9.17, 15) is 4.79 Å². The van der Waals surface area contributed by atoms with Crippen LogP contribution in [0.1, 0.15) is 52.4 Å². The van der Waals surface area contributed by atoms with Crippen LogP contribution < -0.4 is 5.73 Å². The number of hydrogen-bond acceptors (Lipinski definition) is 2. The molecule has 2 atom stereocenters. The van der Waals surface area contributed by atoms with Gasteiger partial charge in [0.25, 0.3) is 0 Å². The first-order valence-corrected chi connectivity index (χ1v) is 6.66. The van der Waals surface area contributed by atoms with Gasteiger partial charge in [0.05, 0.1) is 0 Å². The average molecular weight is 226 g/mol. The summed E-state index contributed by atoms with van der Waals surface area (Å²) in [5.74, 6) is 0.977. The molecule has 1 saturated heterocycles. The number of amides is 1. The van der Waals surface area contributed by atoms with E-state index in [1.165, 1.54) is 12.8 Å². The Morgan fingerprint density at radius 3 is 2.88 bits per heavy atom. The molecule has 1 aliphatic rings. The third-order valence-electron chi connectivity index (χ3n) is 3.33. The highest BCUT2D eigenvalue weighted by Crippen LogP contribution is 2.22. The molecule has 0 spiro atoms. The van der Waals surface area contributed by atoms with Crippen LogP contribution in [-0.2, 0) is 4.79 Å². The van der Waals surface area contributed by atoms with E-state index in [1.54, 1.807) is 0 Å². The summed E-state index contributed by atoms with van der Waals surface area (Å²) < 4.78 is 0. The minimum atomic E-state index is 0.294. The van der Waals surface area contributed by atoms with Crippen LogP contribution in [0.25, 0.3) is 0 Å². The second-order valence-electron chi connectivity index (χ2n) is 5.17. The van der Waals surface area contributed by atoms with Crippen molar-refractivity contribution in [2.24, 2.45) is 11.7 Å². The zero-order valence-corrected chi connectivity index (χ0v) is 10.7. The van der Waals surface area contributed by atoms with Crippen LogP contribution in [0, 0.1) is 5.92 Å². The molecule has 1 fully saturated rings. The van der Waals surface area contributed by atoms with Gasteiger partial charge in [0.15, 0.2) is 0 Å². The molecular formula is C13H26N2O. The van der Waals surface area contributed by atoms with Gasteiger partial charge in [0.1, 0.15) is 0 Å². The fraction of sp³-hybridized carbons (Fsp3) is 0.923. The molecule has 0 radical (unpaired) electrons. The van der Waals surface area contributed by atoms with Gasteiger partial charge < -0.3 is 10.6 Å². The molecule has 16 heavy (non-hydrogen) atoms. The zero-order chi connectivity index (χ0) is 12.0. The van der Waals surface area contributed by atoms with Crippen molar-refractivity contribution in [1.29, 1.82) is 0 Å². The monoisotopic (exact) mass is 226 g/mol. The van der Waals surface area contributed by atoms with Crippen molar-refractivity contribution < 1.29 is 4.79 Å². The Balaban J connectivity index is 2.15. The van der Waals surface area contributed by atoms with Crippen LogP contribution >= 0.6 is 0 Å². The summed E-state index contributed by atoms with van der Waals surface area (Å²) in [6.45, 7) is 6.16. The summed E-state index contributed by atoms with van der Waals surface area (Å²) in [7, 11) is 0. The first-order chi connectivity index (χ1) is 7.63. The van der Waals surface area contributed by atoms with Gasteiger partial charge in [0.2, 0.25) is 5.91 Å². The molecule has 2 N–H and O–H groups in total. The van der Waals surface area contributed by atoms with E-state index >= 15 is 0 Å². The number of rotatable bonds is 7. The molecule has 1 amide bonds. The van der Waals surface area contributed by atoms with Crippen molar-refractivity contribution >= 4 is 5.91 Å². The van der Waals surface area contributed by atoms with Crippen molar-refractivity contribution in [3.05, 3.63) is 0 Å². The van der Waals surface area contributed by atoms with E-state index in [1.807, 2.05) is 11.8 Å². The largest absolute Gasteiger partial charge is 0.342 e. The number of unbranched alkanes of at least 4 members (excludes halogenated alkanes) is 1. The molecule has 1 rings (SSSR count). The van der Waals surface area contributed by atoms with Gasteiger partial charge in [-0.15, -0.1) is 0 Å². The van der Waals surface area contributed by atoms with Gasteiger partial charge in [-0.25, -0.2) is 0 Å². The van der Waals surface area contributed by atoms with E-state index in [0.29, 0.717) is 17.9 Å². The minimum absolute atomic E-state index is 0.294. The fourth-order valence-electron chi connectivity index (χ4n) is 2.44. The van der Waals surface area contributed by atoms with Crippen molar-refractivity contribution in [2.75, 3.05) is 13.1 Å². The lowest BCUT2D eigenvalue weighted by Crippen LogP contribution is -2.26. The Kier molecular flexibility index (Phi) is 5.81. The summed E-state index contributed by atoms with van der Waals surface area (Å²) in [6, 6.07) is 0.294. The SMILES string of the molecule is CCCC1CC(=O)N(CCCCC(C)N)C1. The highest BCUT2D eigenvalue weighted by Gasteiger charge is 2.27. The van der Waals surface area contributed by atoms with E-state index in [4.69, 9.17) is 5.73 Å². The van der Waals surface area contributed by atoms with Crippen molar-refractivity contribution in [1.82, 2.24) is 4.90 Å².